The van der Waals surface area contributed by atoms with Crippen molar-refractivity contribution in [2.45, 2.75) is 13.8 Å². The summed E-state index contributed by atoms with van der Waals surface area (Å²) in [5.74, 6) is -0.844. The van der Waals surface area contributed by atoms with Crippen molar-refractivity contribution in [2.75, 3.05) is 11.9 Å². The first-order valence-corrected chi connectivity index (χ1v) is 6.94. The highest BCUT2D eigenvalue weighted by Crippen LogP contribution is 2.25. The molecule has 0 bridgehead atoms. The van der Waals surface area contributed by atoms with Gasteiger partial charge >= 0.3 is 5.97 Å². The van der Waals surface area contributed by atoms with E-state index in [-0.39, 0.29) is 17.2 Å². The van der Waals surface area contributed by atoms with Crippen LogP contribution in [0.4, 0.5) is 5.88 Å². The number of ether oxygens (including phenoxy) is 1. The van der Waals surface area contributed by atoms with Crippen LogP contribution >= 0.6 is 15.9 Å². The van der Waals surface area contributed by atoms with Crippen molar-refractivity contribution < 1.29 is 23.2 Å². The van der Waals surface area contributed by atoms with E-state index in [1.165, 1.54) is 12.1 Å². The standard InChI is InChI=1S/C14H11BrN2O5/c1-7-8(2)21-13(9(7)5-16)17-12(18)6-20-14(19)10-3-4-11(15)22-10/h3-4H,6H2,1-2H3,(H,17,18). The van der Waals surface area contributed by atoms with Crippen LogP contribution in [0.15, 0.2) is 25.6 Å². The molecule has 0 aliphatic carbocycles. The molecule has 0 atom stereocenters. The van der Waals surface area contributed by atoms with E-state index in [1.54, 1.807) is 13.8 Å². The summed E-state index contributed by atoms with van der Waals surface area (Å²) >= 11 is 3.05. The SMILES string of the molecule is Cc1oc(NC(=O)COC(=O)c2ccc(Br)o2)c(C#N)c1C. The van der Waals surface area contributed by atoms with Crippen molar-refractivity contribution >= 4 is 33.7 Å². The van der Waals surface area contributed by atoms with Gasteiger partial charge in [-0.05, 0) is 41.9 Å². The average molecular weight is 367 g/mol. The third kappa shape index (κ3) is 3.38. The van der Waals surface area contributed by atoms with Gasteiger partial charge in [0.15, 0.2) is 11.3 Å². The van der Waals surface area contributed by atoms with Crippen molar-refractivity contribution in [3.63, 3.8) is 0 Å². The lowest BCUT2D eigenvalue weighted by molar-refractivity contribution is -0.119. The summed E-state index contributed by atoms with van der Waals surface area (Å²) < 4.78 is 15.5. The van der Waals surface area contributed by atoms with Gasteiger partial charge < -0.3 is 13.6 Å². The van der Waals surface area contributed by atoms with Gasteiger partial charge in [-0.2, -0.15) is 5.26 Å². The van der Waals surface area contributed by atoms with Gasteiger partial charge in [0.05, 0.1) is 0 Å². The molecule has 0 saturated carbocycles. The first-order chi connectivity index (χ1) is 10.4. The third-order valence-electron chi connectivity index (χ3n) is 2.86. The average Bonchev–Trinajstić information content (AvgIpc) is 3.01. The minimum atomic E-state index is -0.770. The monoisotopic (exact) mass is 366 g/mol. The van der Waals surface area contributed by atoms with E-state index in [9.17, 15) is 9.59 Å². The molecule has 114 valence electrons. The quantitative estimate of drug-likeness (QED) is 0.833. The van der Waals surface area contributed by atoms with Crippen LogP contribution < -0.4 is 5.32 Å². The smallest absolute Gasteiger partial charge is 0.374 e. The van der Waals surface area contributed by atoms with E-state index in [1.807, 2.05) is 6.07 Å². The number of furan rings is 2. The van der Waals surface area contributed by atoms with Crippen molar-refractivity contribution in [1.82, 2.24) is 0 Å². The number of halogens is 1. The van der Waals surface area contributed by atoms with Gasteiger partial charge in [-0.15, -0.1) is 0 Å². The number of esters is 1. The highest BCUT2D eigenvalue weighted by atomic mass is 79.9. The number of nitrogens with one attached hydrogen (secondary N) is 1. The zero-order valence-electron chi connectivity index (χ0n) is 11.7. The fourth-order valence-corrected chi connectivity index (χ4v) is 1.95. The summed E-state index contributed by atoms with van der Waals surface area (Å²) in [4.78, 5) is 23.3. The number of aryl methyl sites for hydroxylation is 1. The zero-order chi connectivity index (χ0) is 16.3. The summed E-state index contributed by atoms with van der Waals surface area (Å²) in [6, 6.07) is 4.89. The van der Waals surface area contributed by atoms with Gasteiger partial charge in [0.25, 0.3) is 5.91 Å². The van der Waals surface area contributed by atoms with E-state index in [4.69, 9.17) is 18.8 Å². The molecule has 2 heterocycles. The van der Waals surface area contributed by atoms with Gasteiger partial charge in [0.1, 0.15) is 17.4 Å². The summed E-state index contributed by atoms with van der Waals surface area (Å²) in [5, 5.41) is 11.4. The Hall–Kier alpha value is -2.53. The minimum Gasteiger partial charge on any atom is -0.450 e. The molecule has 0 aliphatic heterocycles. The maximum absolute atomic E-state index is 11.7. The second kappa shape index (κ2) is 6.49. The van der Waals surface area contributed by atoms with E-state index < -0.39 is 18.5 Å². The summed E-state index contributed by atoms with van der Waals surface area (Å²) in [7, 11) is 0. The second-order valence-electron chi connectivity index (χ2n) is 4.33. The second-order valence-corrected chi connectivity index (χ2v) is 5.11. The Balaban J connectivity index is 1.95. The number of hydrogen-bond acceptors (Lipinski definition) is 6. The molecule has 0 spiro atoms. The fraction of sp³-hybridized carbons (Fsp3) is 0.214. The highest BCUT2D eigenvalue weighted by Gasteiger charge is 2.18. The van der Waals surface area contributed by atoms with Crippen LogP contribution in [0.25, 0.3) is 0 Å². The van der Waals surface area contributed by atoms with Gasteiger partial charge in [0.2, 0.25) is 11.6 Å². The molecule has 22 heavy (non-hydrogen) atoms. The number of carbonyl (C=O) groups is 2. The normalized spacial score (nSPS) is 10.1. The van der Waals surface area contributed by atoms with Crippen LogP contribution in [0.1, 0.15) is 27.4 Å². The lowest BCUT2D eigenvalue weighted by atomic mass is 10.2. The van der Waals surface area contributed by atoms with Gasteiger partial charge in [0, 0.05) is 5.56 Å². The van der Waals surface area contributed by atoms with E-state index in [0.717, 1.165) is 0 Å². The number of hydrogen-bond donors (Lipinski definition) is 1. The van der Waals surface area contributed by atoms with Crippen LogP contribution in [-0.4, -0.2) is 18.5 Å². The molecule has 0 fully saturated rings. The lowest BCUT2D eigenvalue weighted by Gasteiger charge is -2.03. The molecule has 0 saturated heterocycles. The predicted molar refractivity (Wildman–Crippen MR) is 78.2 cm³/mol. The largest absolute Gasteiger partial charge is 0.450 e. The van der Waals surface area contributed by atoms with Crippen molar-refractivity contribution in [1.29, 1.82) is 5.26 Å². The van der Waals surface area contributed by atoms with Crippen molar-refractivity contribution in [3.8, 4) is 6.07 Å². The molecule has 0 aromatic carbocycles. The summed E-state index contributed by atoms with van der Waals surface area (Å²) in [6.45, 7) is 2.86. The molecular formula is C14H11BrN2O5. The van der Waals surface area contributed by atoms with Crippen LogP contribution in [0.5, 0.6) is 0 Å². The topological polar surface area (TPSA) is 105 Å². The fourth-order valence-electron chi connectivity index (χ4n) is 1.64. The molecular weight excluding hydrogens is 356 g/mol. The molecule has 1 N–H and O–H groups in total. The maximum atomic E-state index is 11.7. The summed E-state index contributed by atoms with van der Waals surface area (Å²) in [5.41, 5.74) is 0.891. The molecule has 2 aromatic heterocycles. The number of carbonyl (C=O) groups excluding carboxylic acids is 2. The summed E-state index contributed by atoms with van der Waals surface area (Å²) in [6.07, 6.45) is 0. The van der Waals surface area contributed by atoms with Gasteiger partial charge in [-0.3, -0.25) is 10.1 Å². The van der Waals surface area contributed by atoms with Crippen molar-refractivity contribution in [3.05, 3.63) is 39.4 Å². The molecule has 8 heteroatoms. The molecule has 2 aromatic rings. The lowest BCUT2D eigenvalue weighted by Crippen LogP contribution is -2.20. The van der Waals surface area contributed by atoms with Crippen LogP contribution in [0, 0.1) is 25.2 Å². The minimum absolute atomic E-state index is 0.0259. The van der Waals surface area contributed by atoms with Crippen molar-refractivity contribution in [2.24, 2.45) is 0 Å². The first kappa shape index (κ1) is 15.9. The number of nitrogens with zero attached hydrogens (tertiary/aromatic N) is 1. The van der Waals surface area contributed by atoms with E-state index in [0.29, 0.717) is 16.0 Å². The number of rotatable bonds is 4. The highest BCUT2D eigenvalue weighted by molar-refractivity contribution is 9.10. The number of anilines is 1. The maximum Gasteiger partial charge on any atom is 0.374 e. The Morgan fingerprint density at radius 3 is 2.68 bits per heavy atom. The Kier molecular flexibility index (Phi) is 4.68. The first-order valence-electron chi connectivity index (χ1n) is 6.14. The number of amides is 1. The van der Waals surface area contributed by atoms with E-state index >= 15 is 0 Å². The third-order valence-corrected chi connectivity index (χ3v) is 3.29. The Morgan fingerprint density at radius 1 is 1.36 bits per heavy atom. The van der Waals surface area contributed by atoms with Gasteiger partial charge in [-0.1, -0.05) is 0 Å². The van der Waals surface area contributed by atoms with E-state index in [2.05, 4.69) is 21.2 Å². The Morgan fingerprint density at radius 2 is 2.09 bits per heavy atom. The predicted octanol–water partition coefficient (Wildman–Crippen LogP) is 2.92. The van der Waals surface area contributed by atoms with Crippen LogP contribution in [-0.2, 0) is 9.53 Å². The zero-order valence-corrected chi connectivity index (χ0v) is 13.3. The number of nitriles is 1. The molecule has 0 unspecified atom stereocenters. The Bertz CT molecular complexity index is 769. The molecule has 2 rings (SSSR count). The molecule has 0 radical (unpaired) electrons. The Labute approximate surface area is 134 Å². The molecule has 7 nitrogen and oxygen atoms in total. The van der Waals surface area contributed by atoms with Gasteiger partial charge in [-0.25, -0.2) is 4.79 Å². The van der Waals surface area contributed by atoms with Crippen LogP contribution in [0.2, 0.25) is 0 Å². The molecule has 0 aliphatic rings. The van der Waals surface area contributed by atoms with Crippen LogP contribution in [0.3, 0.4) is 0 Å². The molecule has 1 amide bonds.